The van der Waals surface area contributed by atoms with Crippen molar-refractivity contribution in [1.29, 1.82) is 0 Å². The zero-order valence-electron chi connectivity index (χ0n) is 11.9. The Labute approximate surface area is 115 Å². The van der Waals surface area contributed by atoms with E-state index in [0.29, 0.717) is 6.04 Å². The zero-order valence-corrected chi connectivity index (χ0v) is 11.9. The van der Waals surface area contributed by atoms with Crippen LogP contribution in [0.4, 0.5) is 0 Å². The minimum absolute atomic E-state index is 0.255. The molecule has 1 N–H and O–H groups in total. The van der Waals surface area contributed by atoms with Crippen molar-refractivity contribution in [3.63, 3.8) is 0 Å². The van der Waals surface area contributed by atoms with Crippen LogP contribution >= 0.6 is 0 Å². The lowest BCUT2D eigenvalue weighted by atomic mass is 10.1. The van der Waals surface area contributed by atoms with Gasteiger partial charge in [0.25, 0.3) is 0 Å². The molecule has 1 fully saturated rings. The Bertz CT molecular complexity index is 389. The van der Waals surface area contributed by atoms with Crippen LogP contribution in [-0.2, 0) is 0 Å². The maximum Gasteiger partial charge on any atom is 0.119 e. The van der Waals surface area contributed by atoms with Crippen LogP contribution in [0.3, 0.4) is 0 Å². The summed E-state index contributed by atoms with van der Waals surface area (Å²) in [5.41, 5.74) is 1.30. The average molecular weight is 264 g/mol. The van der Waals surface area contributed by atoms with Crippen molar-refractivity contribution >= 4 is 0 Å². The van der Waals surface area contributed by atoms with E-state index in [4.69, 9.17) is 9.84 Å². The summed E-state index contributed by atoms with van der Waals surface area (Å²) >= 11 is 0. The van der Waals surface area contributed by atoms with Gasteiger partial charge in [0.1, 0.15) is 5.75 Å². The number of β-amino-alcohol motifs (C(OH)–C–C–N with tert-alkyl or cyclic N) is 1. The molecule has 1 aromatic rings. The van der Waals surface area contributed by atoms with Gasteiger partial charge in [-0.2, -0.15) is 0 Å². The van der Waals surface area contributed by atoms with E-state index < -0.39 is 0 Å². The highest BCUT2D eigenvalue weighted by Crippen LogP contribution is 2.24. The summed E-state index contributed by atoms with van der Waals surface area (Å²) in [4.78, 5) is 4.80. The molecule has 1 saturated heterocycles. The van der Waals surface area contributed by atoms with Gasteiger partial charge in [-0.25, -0.2) is 0 Å². The molecule has 4 nitrogen and oxygen atoms in total. The third-order valence-corrected chi connectivity index (χ3v) is 3.95. The molecule has 0 bridgehead atoms. The van der Waals surface area contributed by atoms with Gasteiger partial charge in [0, 0.05) is 38.8 Å². The predicted molar refractivity (Wildman–Crippen MR) is 76.5 cm³/mol. The van der Waals surface area contributed by atoms with Crippen LogP contribution in [0.5, 0.6) is 5.75 Å². The molecule has 1 aromatic carbocycles. The van der Waals surface area contributed by atoms with Crippen LogP contribution in [0.15, 0.2) is 24.3 Å². The molecule has 106 valence electrons. The van der Waals surface area contributed by atoms with Gasteiger partial charge in [-0.3, -0.25) is 9.80 Å². The Morgan fingerprint density at radius 3 is 2.63 bits per heavy atom. The predicted octanol–water partition coefficient (Wildman–Crippen LogP) is 1.37. The fourth-order valence-electron chi connectivity index (χ4n) is 2.63. The fraction of sp³-hybridized carbons (Fsp3) is 0.600. The van der Waals surface area contributed by atoms with Crippen LogP contribution in [0.25, 0.3) is 0 Å². The molecule has 19 heavy (non-hydrogen) atoms. The van der Waals surface area contributed by atoms with Gasteiger partial charge in [-0.1, -0.05) is 12.1 Å². The molecular formula is C15H24N2O2. The maximum atomic E-state index is 8.96. The monoisotopic (exact) mass is 264 g/mol. The summed E-state index contributed by atoms with van der Waals surface area (Å²) < 4.78 is 5.29. The lowest BCUT2D eigenvalue weighted by Crippen LogP contribution is -2.47. The summed E-state index contributed by atoms with van der Waals surface area (Å²) in [6, 6.07) is 8.71. The molecule has 0 amide bonds. The summed E-state index contributed by atoms with van der Waals surface area (Å²) in [7, 11) is 1.71. The first-order chi connectivity index (χ1) is 9.24. The van der Waals surface area contributed by atoms with Crippen LogP contribution in [0.1, 0.15) is 18.5 Å². The number of hydrogen-bond donors (Lipinski definition) is 1. The van der Waals surface area contributed by atoms with Crippen molar-refractivity contribution in [3.8, 4) is 5.75 Å². The quantitative estimate of drug-likeness (QED) is 0.871. The van der Waals surface area contributed by atoms with E-state index in [1.807, 2.05) is 12.1 Å². The molecule has 1 aliphatic heterocycles. The van der Waals surface area contributed by atoms with Gasteiger partial charge in [-0.05, 0) is 24.6 Å². The van der Waals surface area contributed by atoms with E-state index in [1.54, 1.807) is 7.11 Å². The Kier molecular flexibility index (Phi) is 5.19. The van der Waals surface area contributed by atoms with Crippen molar-refractivity contribution < 1.29 is 9.84 Å². The van der Waals surface area contributed by atoms with Crippen LogP contribution in [-0.4, -0.2) is 61.3 Å². The lowest BCUT2D eigenvalue weighted by Gasteiger charge is -2.38. The molecule has 4 heteroatoms. The molecule has 1 atom stereocenters. The number of aliphatic hydroxyl groups excluding tert-OH is 1. The maximum absolute atomic E-state index is 8.96. The van der Waals surface area contributed by atoms with Crippen molar-refractivity contribution in [3.05, 3.63) is 29.8 Å². The van der Waals surface area contributed by atoms with Gasteiger partial charge in [0.05, 0.1) is 13.7 Å². The van der Waals surface area contributed by atoms with Crippen molar-refractivity contribution in [1.82, 2.24) is 9.80 Å². The number of aliphatic hydroxyl groups is 1. The van der Waals surface area contributed by atoms with E-state index in [1.165, 1.54) is 5.56 Å². The highest BCUT2D eigenvalue weighted by molar-refractivity contribution is 5.30. The smallest absolute Gasteiger partial charge is 0.119 e. The normalized spacial score (nSPS) is 19.3. The van der Waals surface area contributed by atoms with Crippen LogP contribution in [0, 0.1) is 0 Å². The summed E-state index contributed by atoms with van der Waals surface area (Å²) in [5, 5.41) is 8.96. The average Bonchev–Trinajstić information content (AvgIpc) is 2.48. The minimum Gasteiger partial charge on any atom is -0.497 e. The van der Waals surface area contributed by atoms with Crippen molar-refractivity contribution in [2.75, 3.05) is 46.4 Å². The molecule has 0 aliphatic carbocycles. The van der Waals surface area contributed by atoms with E-state index in [2.05, 4.69) is 28.9 Å². The molecule has 1 aliphatic rings. The van der Waals surface area contributed by atoms with E-state index in [-0.39, 0.29) is 6.61 Å². The molecule has 0 aromatic heterocycles. The highest BCUT2D eigenvalue weighted by Gasteiger charge is 2.21. The highest BCUT2D eigenvalue weighted by atomic mass is 16.5. The Morgan fingerprint density at radius 2 is 2.00 bits per heavy atom. The topological polar surface area (TPSA) is 35.9 Å². The second kappa shape index (κ2) is 6.89. The first-order valence-corrected chi connectivity index (χ1v) is 6.96. The largest absolute Gasteiger partial charge is 0.497 e. The van der Waals surface area contributed by atoms with E-state index in [9.17, 15) is 0 Å². The third-order valence-electron chi connectivity index (χ3n) is 3.95. The van der Waals surface area contributed by atoms with Crippen LogP contribution < -0.4 is 4.74 Å². The second-order valence-electron chi connectivity index (χ2n) is 5.05. The number of ether oxygens (including phenoxy) is 1. The van der Waals surface area contributed by atoms with Gasteiger partial charge in [0.2, 0.25) is 0 Å². The number of methoxy groups -OCH3 is 1. The summed E-state index contributed by atoms with van der Waals surface area (Å²) in [6.07, 6.45) is 0. The van der Waals surface area contributed by atoms with Crippen LogP contribution in [0.2, 0.25) is 0 Å². The molecule has 1 heterocycles. The summed E-state index contributed by atoms with van der Waals surface area (Å²) in [5.74, 6) is 0.920. The number of benzene rings is 1. The number of hydrogen-bond acceptors (Lipinski definition) is 4. The first-order valence-electron chi connectivity index (χ1n) is 6.96. The second-order valence-corrected chi connectivity index (χ2v) is 5.05. The zero-order chi connectivity index (χ0) is 13.7. The molecular weight excluding hydrogens is 240 g/mol. The summed E-state index contributed by atoms with van der Waals surface area (Å²) in [6.45, 7) is 7.48. The van der Waals surface area contributed by atoms with Crippen molar-refractivity contribution in [2.45, 2.75) is 13.0 Å². The van der Waals surface area contributed by atoms with E-state index >= 15 is 0 Å². The fourth-order valence-corrected chi connectivity index (χ4v) is 2.63. The first kappa shape index (κ1) is 14.3. The Balaban J connectivity index is 1.94. The Hall–Kier alpha value is -1.10. The minimum atomic E-state index is 0.255. The molecule has 0 saturated carbocycles. The van der Waals surface area contributed by atoms with Crippen molar-refractivity contribution in [2.24, 2.45) is 0 Å². The molecule has 1 unspecified atom stereocenters. The van der Waals surface area contributed by atoms with Gasteiger partial charge in [0.15, 0.2) is 0 Å². The molecule has 0 spiro atoms. The lowest BCUT2D eigenvalue weighted by molar-refractivity contribution is 0.0887. The van der Waals surface area contributed by atoms with Gasteiger partial charge >= 0.3 is 0 Å². The van der Waals surface area contributed by atoms with Gasteiger partial charge < -0.3 is 9.84 Å². The SMILES string of the molecule is COc1cccc(C(C)N2CCN(CCO)CC2)c1. The standard InChI is InChI=1S/C15H24N2O2/c1-13(14-4-3-5-15(12-14)19-2)17-8-6-16(7-9-17)10-11-18/h3-5,12-13,18H,6-11H2,1-2H3. The number of piperazine rings is 1. The molecule has 0 radical (unpaired) electrons. The van der Waals surface area contributed by atoms with Gasteiger partial charge in [-0.15, -0.1) is 0 Å². The third kappa shape index (κ3) is 3.69. The Morgan fingerprint density at radius 1 is 1.26 bits per heavy atom. The molecule has 2 rings (SSSR count). The number of nitrogens with zero attached hydrogens (tertiary/aromatic N) is 2. The number of rotatable bonds is 5. The van der Waals surface area contributed by atoms with E-state index in [0.717, 1.165) is 38.5 Å².